The minimum atomic E-state index is -0.562. The van der Waals surface area contributed by atoms with Crippen LogP contribution >= 0.6 is 11.6 Å². The van der Waals surface area contributed by atoms with Crippen LogP contribution < -0.4 is 5.32 Å². The molecule has 3 aromatic rings. The molecule has 1 aliphatic carbocycles. The first kappa shape index (κ1) is 23.1. The molecule has 1 aromatic heterocycles. The number of carbonyl (C=O) groups is 1. The van der Waals surface area contributed by atoms with Gasteiger partial charge in [-0.3, -0.25) is 9.69 Å². The number of anilines is 2. The molecule has 2 atom stereocenters. The summed E-state index contributed by atoms with van der Waals surface area (Å²) in [6, 6.07) is 8.99. The molecular formula is C28H24ClFN4O2. The van der Waals surface area contributed by atoms with Gasteiger partial charge in [0.2, 0.25) is 0 Å². The van der Waals surface area contributed by atoms with Crippen molar-refractivity contribution in [2.45, 2.75) is 18.9 Å². The molecule has 2 aromatic carbocycles. The lowest BCUT2D eigenvalue weighted by Crippen LogP contribution is -2.49. The maximum Gasteiger partial charge on any atom is 0.165 e. The summed E-state index contributed by atoms with van der Waals surface area (Å²) in [6.07, 6.45) is 4.00. The quantitative estimate of drug-likeness (QED) is 0.394. The summed E-state index contributed by atoms with van der Waals surface area (Å²) in [4.78, 5) is 23.6. The summed E-state index contributed by atoms with van der Waals surface area (Å²) in [5, 5.41) is 3.69. The van der Waals surface area contributed by atoms with Gasteiger partial charge in [-0.1, -0.05) is 36.1 Å². The van der Waals surface area contributed by atoms with Crippen molar-refractivity contribution >= 4 is 39.8 Å². The zero-order valence-electron chi connectivity index (χ0n) is 19.6. The van der Waals surface area contributed by atoms with Gasteiger partial charge in [-0.25, -0.2) is 14.4 Å². The molecular weight excluding hydrogens is 479 g/mol. The van der Waals surface area contributed by atoms with E-state index >= 15 is 0 Å². The highest BCUT2D eigenvalue weighted by molar-refractivity contribution is 6.31. The lowest BCUT2D eigenvalue weighted by atomic mass is 9.98. The van der Waals surface area contributed by atoms with Crippen molar-refractivity contribution in [1.82, 2.24) is 14.9 Å². The molecule has 2 aliphatic heterocycles. The molecule has 1 N–H and O–H groups in total. The van der Waals surface area contributed by atoms with Crippen LogP contribution in [0.1, 0.15) is 17.5 Å². The molecule has 3 heterocycles. The van der Waals surface area contributed by atoms with Crippen LogP contribution in [0.3, 0.4) is 0 Å². The lowest BCUT2D eigenvalue weighted by molar-refractivity contribution is -0.114. The number of hydrogen-bond acceptors (Lipinski definition) is 6. The average molecular weight is 503 g/mol. The molecule has 0 spiro atoms. The van der Waals surface area contributed by atoms with Gasteiger partial charge in [0, 0.05) is 35.9 Å². The summed E-state index contributed by atoms with van der Waals surface area (Å²) < 4.78 is 19.9. The number of nitrogens with zero attached hydrogens (tertiary/aromatic N) is 3. The predicted octanol–water partition coefficient (Wildman–Crippen LogP) is 4.54. The Hall–Kier alpha value is -3.31. The molecule has 6 rings (SSSR count). The molecule has 2 saturated heterocycles. The lowest BCUT2D eigenvalue weighted by Gasteiger charge is -2.35. The zero-order valence-corrected chi connectivity index (χ0v) is 20.3. The zero-order chi connectivity index (χ0) is 24.9. The molecule has 0 radical (unpaired) electrons. The summed E-state index contributed by atoms with van der Waals surface area (Å²) in [5.74, 6) is 7.28. The monoisotopic (exact) mass is 502 g/mol. The Kier molecular flexibility index (Phi) is 5.76. The van der Waals surface area contributed by atoms with Gasteiger partial charge < -0.3 is 10.1 Å². The average Bonchev–Trinajstić information content (AvgIpc) is 3.39. The first-order valence-electron chi connectivity index (χ1n) is 11.9. The van der Waals surface area contributed by atoms with Crippen LogP contribution in [0.2, 0.25) is 5.02 Å². The van der Waals surface area contributed by atoms with Crippen molar-refractivity contribution in [3.63, 3.8) is 0 Å². The van der Waals surface area contributed by atoms with E-state index in [1.807, 2.05) is 12.1 Å². The fourth-order valence-electron chi connectivity index (χ4n) is 5.12. The third-order valence-electron chi connectivity index (χ3n) is 7.41. The topological polar surface area (TPSA) is 67.4 Å². The van der Waals surface area contributed by atoms with Crippen LogP contribution in [0.25, 0.3) is 10.9 Å². The number of rotatable bonds is 6. The summed E-state index contributed by atoms with van der Waals surface area (Å²) >= 11 is 5.94. The molecule has 0 unspecified atom stereocenters. The second kappa shape index (κ2) is 8.97. The van der Waals surface area contributed by atoms with Crippen LogP contribution in [-0.4, -0.2) is 53.0 Å². The Labute approximate surface area is 213 Å². The van der Waals surface area contributed by atoms with Crippen molar-refractivity contribution in [3.05, 3.63) is 71.3 Å². The number of fused-ring (bicyclic) bond motifs is 2. The Morgan fingerprint density at radius 2 is 2.22 bits per heavy atom. The number of hydrogen-bond donors (Lipinski definition) is 1. The van der Waals surface area contributed by atoms with E-state index in [-0.39, 0.29) is 28.3 Å². The Bertz CT molecular complexity index is 1460. The minimum Gasteiger partial charge on any atom is -0.378 e. The number of aromatic nitrogens is 2. The molecule has 6 nitrogen and oxygen atoms in total. The van der Waals surface area contributed by atoms with E-state index in [0.29, 0.717) is 28.7 Å². The van der Waals surface area contributed by atoms with E-state index in [1.165, 1.54) is 18.5 Å². The van der Waals surface area contributed by atoms with E-state index in [4.69, 9.17) is 16.3 Å². The Balaban J connectivity index is 1.36. The van der Waals surface area contributed by atoms with Gasteiger partial charge in [0.25, 0.3) is 0 Å². The minimum absolute atomic E-state index is 0.0151. The fraction of sp³-hybridized carbons (Fsp3) is 0.321. The van der Waals surface area contributed by atoms with Crippen LogP contribution in [0.5, 0.6) is 0 Å². The van der Waals surface area contributed by atoms with Crippen LogP contribution in [0, 0.1) is 29.0 Å². The third-order valence-corrected chi connectivity index (χ3v) is 7.70. The normalized spacial score (nSPS) is 22.9. The highest BCUT2D eigenvalue weighted by Gasteiger charge is 2.60. The first-order valence-corrected chi connectivity index (χ1v) is 12.3. The summed E-state index contributed by atoms with van der Waals surface area (Å²) in [7, 11) is 0. The number of allylic oxidation sites excluding steroid dienone is 1. The molecule has 0 bridgehead atoms. The van der Waals surface area contributed by atoms with E-state index in [0.717, 1.165) is 43.9 Å². The Morgan fingerprint density at radius 3 is 3.00 bits per heavy atom. The van der Waals surface area contributed by atoms with Crippen molar-refractivity contribution < 1.29 is 13.9 Å². The highest BCUT2D eigenvalue weighted by Crippen LogP contribution is 2.58. The van der Waals surface area contributed by atoms with Crippen LogP contribution in [0.4, 0.5) is 15.9 Å². The third kappa shape index (κ3) is 4.16. The molecule has 1 saturated carbocycles. The van der Waals surface area contributed by atoms with Crippen molar-refractivity contribution in [2.24, 2.45) is 11.3 Å². The largest absolute Gasteiger partial charge is 0.378 e. The second-order valence-corrected chi connectivity index (χ2v) is 10.2. The van der Waals surface area contributed by atoms with E-state index in [1.54, 1.807) is 12.1 Å². The van der Waals surface area contributed by atoms with Gasteiger partial charge in [-0.2, -0.15) is 0 Å². The molecule has 182 valence electrons. The number of halogens is 2. The number of benzene rings is 2. The van der Waals surface area contributed by atoms with Crippen molar-refractivity contribution in [1.29, 1.82) is 0 Å². The van der Waals surface area contributed by atoms with Gasteiger partial charge in [0.05, 0.1) is 35.5 Å². The summed E-state index contributed by atoms with van der Waals surface area (Å²) in [6.45, 7) is 7.27. The molecule has 0 amide bonds. The number of carbonyl (C=O) groups excluding carboxylic acids is 1. The maximum atomic E-state index is 14.5. The van der Waals surface area contributed by atoms with E-state index in [9.17, 15) is 9.18 Å². The maximum absolute atomic E-state index is 14.5. The smallest absolute Gasteiger partial charge is 0.165 e. The number of ketones is 1. The van der Waals surface area contributed by atoms with Crippen molar-refractivity contribution in [2.75, 3.05) is 31.6 Å². The predicted molar refractivity (Wildman–Crippen MR) is 137 cm³/mol. The number of nitrogens with one attached hydrogen (secondary N) is 1. The van der Waals surface area contributed by atoms with E-state index in [2.05, 4.69) is 38.6 Å². The number of likely N-dealkylation sites (tertiary alicyclic amines) is 1. The van der Waals surface area contributed by atoms with Gasteiger partial charge in [-0.15, -0.1) is 0 Å². The molecule has 3 fully saturated rings. The van der Waals surface area contributed by atoms with Crippen LogP contribution in [0.15, 0.2) is 49.3 Å². The molecule has 36 heavy (non-hydrogen) atoms. The Morgan fingerprint density at radius 1 is 1.36 bits per heavy atom. The van der Waals surface area contributed by atoms with Crippen molar-refractivity contribution in [3.8, 4) is 11.8 Å². The standard InChI is InChI=1S/C28H24ClFN4O2/c1-2-21(35)8-18-9-22-25(31-16-32-27(22)33-24-5-3-4-23(29)26(24)30)10-17(18)6-7-28-11-19(28)12-34(15-28)20-13-36-14-20/h2-5,9-10,16,19-20H,1,8,11-15H2,(H,31,32,33)/t19-,28+/m1/s1. The SMILES string of the molecule is C=CC(=O)Cc1cc2c(Nc3cccc(Cl)c3F)ncnc2cc1C#C[C@@]12C[C@@H]1CN(C1COC1)C2. The van der Waals surface area contributed by atoms with Gasteiger partial charge in [0.15, 0.2) is 11.6 Å². The van der Waals surface area contributed by atoms with Gasteiger partial charge in [-0.05, 0) is 48.2 Å². The summed E-state index contributed by atoms with van der Waals surface area (Å²) in [5.41, 5.74) is 2.41. The first-order chi connectivity index (χ1) is 17.5. The second-order valence-electron chi connectivity index (χ2n) is 9.75. The fourth-order valence-corrected chi connectivity index (χ4v) is 5.29. The van der Waals surface area contributed by atoms with Crippen LogP contribution in [-0.2, 0) is 16.0 Å². The van der Waals surface area contributed by atoms with E-state index < -0.39 is 5.82 Å². The highest BCUT2D eigenvalue weighted by atomic mass is 35.5. The van der Waals surface area contributed by atoms with Gasteiger partial charge >= 0.3 is 0 Å². The van der Waals surface area contributed by atoms with Gasteiger partial charge in [0.1, 0.15) is 12.1 Å². The molecule has 3 aliphatic rings. The molecule has 8 heteroatoms. The number of ether oxygens (including phenoxy) is 1. The number of piperidine rings is 1.